The molecule has 1 aromatic rings. The molecule has 1 aliphatic heterocycles. The van der Waals surface area contributed by atoms with E-state index in [-0.39, 0.29) is 22.6 Å². The maximum absolute atomic E-state index is 11.8. The molecule has 3 amide bonds. The number of imide groups is 1. The number of amides is 3. The Kier molecular flexibility index (Phi) is 3.82. The predicted octanol–water partition coefficient (Wildman–Crippen LogP) is 3.28. The monoisotopic (exact) mass is 284 g/mol. The van der Waals surface area contributed by atoms with E-state index in [9.17, 15) is 9.59 Å². The van der Waals surface area contributed by atoms with E-state index in [1.807, 2.05) is 19.1 Å². The molecule has 1 heterocycles. The second kappa shape index (κ2) is 5.20. The lowest BCUT2D eigenvalue weighted by Gasteiger charge is -2.21. The van der Waals surface area contributed by atoms with Crippen molar-refractivity contribution in [2.24, 2.45) is 0 Å². The van der Waals surface area contributed by atoms with Crippen LogP contribution in [0.3, 0.4) is 0 Å². The number of nitrogens with one attached hydrogen (secondary N) is 1. The Balaban J connectivity index is 2.24. The third kappa shape index (κ3) is 2.33. The minimum absolute atomic E-state index is 0.0490. The van der Waals surface area contributed by atoms with Gasteiger partial charge in [-0.05, 0) is 24.6 Å². The molecular formula is C12H13ClN2O2S. The summed E-state index contributed by atoms with van der Waals surface area (Å²) in [5, 5.41) is 2.87. The lowest BCUT2D eigenvalue weighted by molar-refractivity contribution is 0.191. The molecule has 6 heteroatoms. The van der Waals surface area contributed by atoms with E-state index in [0.717, 1.165) is 5.56 Å². The van der Waals surface area contributed by atoms with Gasteiger partial charge in [-0.15, -0.1) is 0 Å². The van der Waals surface area contributed by atoms with Crippen LogP contribution in [0.2, 0.25) is 5.02 Å². The third-order valence-corrected chi connectivity index (χ3v) is 4.47. The quantitative estimate of drug-likeness (QED) is 0.861. The average molecular weight is 285 g/mol. The summed E-state index contributed by atoms with van der Waals surface area (Å²) in [6.45, 7) is 1.87. The number of carbonyl (C=O) groups is 2. The van der Waals surface area contributed by atoms with E-state index in [1.54, 1.807) is 12.1 Å². The van der Waals surface area contributed by atoms with Gasteiger partial charge >= 0.3 is 6.03 Å². The minimum atomic E-state index is -0.364. The van der Waals surface area contributed by atoms with Gasteiger partial charge in [0.05, 0.1) is 11.3 Å². The zero-order valence-electron chi connectivity index (χ0n) is 10.0. The molecule has 0 aromatic heterocycles. The molecule has 0 aliphatic carbocycles. The van der Waals surface area contributed by atoms with Crippen molar-refractivity contribution in [3.63, 3.8) is 0 Å². The number of benzene rings is 1. The molecule has 18 heavy (non-hydrogen) atoms. The van der Waals surface area contributed by atoms with Crippen molar-refractivity contribution in [2.45, 2.75) is 18.2 Å². The third-order valence-electron chi connectivity index (χ3n) is 2.90. The molecule has 1 saturated heterocycles. The molecule has 0 saturated carbocycles. The number of nitrogens with zero attached hydrogens (tertiary/aromatic N) is 1. The van der Waals surface area contributed by atoms with Crippen LogP contribution in [-0.4, -0.2) is 29.3 Å². The number of hydrogen-bond donors (Lipinski definition) is 1. The topological polar surface area (TPSA) is 49.4 Å². The molecule has 0 spiro atoms. The highest BCUT2D eigenvalue weighted by atomic mass is 35.5. The molecule has 0 bridgehead atoms. The van der Waals surface area contributed by atoms with Crippen molar-refractivity contribution in [3.05, 3.63) is 34.9 Å². The molecule has 1 aliphatic rings. The summed E-state index contributed by atoms with van der Waals surface area (Å²) in [7, 11) is 1.52. The van der Waals surface area contributed by atoms with Crippen molar-refractivity contribution in [3.8, 4) is 0 Å². The normalized spacial score (nSPS) is 23.3. The summed E-state index contributed by atoms with van der Waals surface area (Å²) in [6, 6.07) is 6.81. The fraction of sp³-hybridized carbons (Fsp3) is 0.333. The largest absolute Gasteiger partial charge is 0.341 e. The molecule has 1 N–H and O–H groups in total. The van der Waals surface area contributed by atoms with Gasteiger partial charge in [0.1, 0.15) is 0 Å². The number of thioether (sulfide) groups is 1. The molecule has 4 nitrogen and oxygen atoms in total. The Morgan fingerprint density at radius 3 is 2.56 bits per heavy atom. The van der Waals surface area contributed by atoms with E-state index in [0.29, 0.717) is 5.02 Å². The van der Waals surface area contributed by atoms with Crippen LogP contribution in [0.15, 0.2) is 24.3 Å². The van der Waals surface area contributed by atoms with Crippen molar-refractivity contribution < 1.29 is 9.59 Å². The first kappa shape index (κ1) is 13.2. The summed E-state index contributed by atoms with van der Waals surface area (Å²) in [6.07, 6.45) is 0. The van der Waals surface area contributed by atoms with Crippen molar-refractivity contribution >= 4 is 34.6 Å². The lowest BCUT2D eigenvalue weighted by atomic mass is 10.1. The average Bonchev–Trinajstić information content (AvgIpc) is 2.65. The number of carbonyl (C=O) groups excluding carboxylic acids is 2. The molecular weight excluding hydrogens is 272 g/mol. The summed E-state index contributed by atoms with van der Waals surface area (Å²) < 4.78 is 0. The summed E-state index contributed by atoms with van der Waals surface area (Å²) in [4.78, 5) is 24.7. The summed E-state index contributed by atoms with van der Waals surface area (Å²) in [5.41, 5.74) is 0.997. The number of hydrogen-bond acceptors (Lipinski definition) is 3. The number of halogens is 1. The van der Waals surface area contributed by atoms with Gasteiger partial charge in [-0.3, -0.25) is 9.69 Å². The summed E-state index contributed by atoms with van der Waals surface area (Å²) in [5.74, 6) is 0. The highest BCUT2D eigenvalue weighted by molar-refractivity contribution is 8.14. The molecule has 96 valence electrons. The molecule has 2 rings (SSSR count). The highest BCUT2D eigenvalue weighted by Crippen LogP contribution is 2.43. The number of rotatable bonds is 1. The Hall–Kier alpha value is -1.20. The van der Waals surface area contributed by atoms with Gasteiger partial charge in [0.15, 0.2) is 0 Å². The standard InChI is InChI=1S/C12H13ClN2O2S/c1-7-10(8-3-5-9(13)6-4-8)18-12(17)15(7)11(16)14-2/h3-7,10H,1-2H3,(H,14,16). The predicted molar refractivity (Wildman–Crippen MR) is 72.9 cm³/mol. The van der Waals surface area contributed by atoms with Crippen LogP contribution in [0.25, 0.3) is 0 Å². The molecule has 1 aromatic carbocycles. The molecule has 2 atom stereocenters. The smallest absolute Gasteiger partial charge is 0.324 e. The van der Waals surface area contributed by atoms with E-state index >= 15 is 0 Å². The fourth-order valence-corrected chi connectivity index (χ4v) is 3.27. The molecule has 1 fully saturated rings. The Morgan fingerprint density at radius 1 is 1.39 bits per heavy atom. The zero-order chi connectivity index (χ0) is 13.3. The van der Waals surface area contributed by atoms with Crippen LogP contribution in [0, 0.1) is 0 Å². The second-order valence-electron chi connectivity index (χ2n) is 4.02. The van der Waals surface area contributed by atoms with Crippen molar-refractivity contribution in [1.29, 1.82) is 0 Å². The Bertz CT molecular complexity index is 477. The van der Waals surface area contributed by atoms with Gasteiger partial charge in [-0.1, -0.05) is 35.5 Å². The number of urea groups is 1. The fourth-order valence-electron chi connectivity index (χ4n) is 1.95. The van der Waals surface area contributed by atoms with Gasteiger partial charge < -0.3 is 5.32 Å². The van der Waals surface area contributed by atoms with Gasteiger partial charge in [0.25, 0.3) is 5.24 Å². The highest BCUT2D eigenvalue weighted by Gasteiger charge is 2.41. The van der Waals surface area contributed by atoms with Gasteiger partial charge in [-0.25, -0.2) is 4.79 Å². The van der Waals surface area contributed by atoms with Crippen LogP contribution in [0.4, 0.5) is 9.59 Å². The van der Waals surface area contributed by atoms with E-state index < -0.39 is 0 Å². The van der Waals surface area contributed by atoms with Crippen LogP contribution >= 0.6 is 23.4 Å². The van der Waals surface area contributed by atoms with Gasteiger partial charge in [0.2, 0.25) is 0 Å². The molecule has 2 unspecified atom stereocenters. The van der Waals surface area contributed by atoms with Crippen LogP contribution in [0.1, 0.15) is 17.7 Å². The first-order valence-corrected chi connectivity index (χ1v) is 6.77. The van der Waals surface area contributed by atoms with Crippen molar-refractivity contribution in [2.75, 3.05) is 7.05 Å². The van der Waals surface area contributed by atoms with E-state index in [1.165, 1.54) is 23.7 Å². The zero-order valence-corrected chi connectivity index (χ0v) is 11.6. The van der Waals surface area contributed by atoms with Crippen molar-refractivity contribution in [1.82, 2.24) is 10.2 Å². The molecule has 0 radical (unpaired) electrons. The summed E-state index contributed by atoms with van der Waals surface area (Å²) >= 11 is 7.00. The van der Waals surface area contributed by atoms with Gasteiger partial charge in [-0.2, -0.15) is 0 Å². The van der Waals surface area contributed by atoms with E-state index in [2.05, 4.69) is 5.32 Å². The van der Waals surface area contributed by atoms with Gasteiger partial charge in [0, 0.05) is 12.1 Å². The second-order valence-corrected chi connectivity index (χ2v) is 5.55. The first-order chi connectivity index (χ1) is 8.54. The maximum atomic E-state index is 11.8. The Labute approximate surface area is 115 Å². The lowest BCUT2D eigenvalue weighted by Crippen LogP contribution is -2.42. The van der Waals surface area contributed by atoms with Crippen LogP contribution < -0.4 is 5.32 Å². The SMILES string of the molecule is CNC(=O)N1C(=O)SC(c2ccc(Cl)cc2)C1C. The van der Waals surface area contributed by atoms with Crippen LogP contribution in [0.5, 0.6) is 0 Å². The van der Waals surface area contributed by atoms with E-state index in [4.69, 9.17) is 11.6 Å². The minimum Gasteiger partial charge on any atom is -0.341 e. The van der Waals surface area contributed by atoms with Crippen LogP contribution in [-0.2, 0) is 0 Å². The first-order valence-electron chi connectivity index (χ1n) is 5.51. The Morgan fingerprint density at radius 2 is 2.00 bits per heavy atom. The maximum Gasteiger partial charge on any atom is 0.324 e.